The average molecular weight is 411 g/mol. The first-order chi connectivity index (χ1) is 14.2. The van der Waals surface area contributed by atoms with Gasteiger partial charge in [0.25, 0.3) is 5.91 Å². The van der Waals surface area contributed by atoms with Crippen LogP contribution in [0.4, 0.5) is 15.8 Å². The van der Waals surface area contributed by atoms with E-state index in [4.69, 9.17) is 9.47 Å². The van der Waals surface area contributed by atoms with Gasteiger partial charge in [0, 0.05) is 47.9 Å². The molecule has 1 N–H and O–H groups in total. The largest absolute Gasteiger partial charge is 0.454 e. The fraction of sp³-hybridized carbons (Fsp3) is 0.238. The molecule has 2 aliphatic rings. The minimum Gasteiger partial charge on any atom is -0.454 e. The zero-order valence-electron chi connectivity index (χ0n) is 15.5. The van der Waals surface area contributed by atoms with Crippen LogP contribution in [0.3, 0.4) is 0 Å². The average Bonchev–Trinajstić information content (AvgIpc) is 3.22. The third-order valence-corrected chi connectivity index (χ3v) is 5.94. The second-order valence-electron chi connectivity index (χ2n) is 6.81. The molecule has 0 atom stereocenters. The van der Waals surface area contributed by atoms with Crippen molar-refractivity contribution in [3.8, 4) is 11.5 Å². The smallest absolute Gasteiger partial charge is 0.257 e. The predicted molar refractivity (Wildman–Crippen MR) is 111 cm³/mol. The van der Waals surface area contributed by atoms with Crippen LogP contribution < -0.4 is 14.8 Å². The summed E-state index contributed by atoms with van der Waals surface area (Å²) in [4.78, 5) is 19.4. The molecule has 148 valence electrons. The Morgan fingerprint density at radius 2 is 1.93 bits per heavy atom. The Balaban J connectivity index is 1.60. The Morgan fingerprint density at radius 1 is 1.10 bits per heavy atom. The van der Waals surface area contributed by atoms with Gasteiger partial charge in [-0.2, -0.15) is 11.8 Å². The lowest BCUT2D eigenvalue weighted by atomic mass is 10.1. The zero-order valence-corrected chi connectivity index (χ0v) is 16.3. The Bertz CT molecular complexity index is 1100. The fourth-order valence-corrected chi connectivity index (χ4v) is 4.42. The molecule has 1 saturated heterocycles. The number of anilines is 2. The minimum absolute atomic E-state index is 0.104. The first kappa shape index (κ1) is 18.1. The summed E-state index contributed by atoms with van der Waals surface area (Å²) in [7, 11) is 0. The number of carbonyl (C=O) groups excluding carboxylic acids is 1. The van der Waals surface area contributed by atoms with E-state index >= 15 is 0 Å². The van der Waals surface area contributed by atoms with Crippen molar-refractivity contribution in [3.05, 3.63) is 54.0 Å². The molecule has 2 aromatic carbocycles. The standard InChI is InChI=1S/C21H18FN3O3S/c22-13-1-3-17-15(9-13)20(24-14-2-4-18-19(10-14)28-12-27-18)16(11-23-17)21(26)25-5-7-29-8-6-25/h1-4,9-11H,5-8,12H2,(H,23,24). The molecule has 2 aliphatic heterocycles. The fourth-order valence-electron chi connectivity index (χ4n) is 3.52. The highest BCUT2D eigenvalue weighted by atomic mass is 32.2. The van der Waals surface area contributed by atoms with Crippen LogP contribution in [0.1, 0.15) is 10.4 Å². The highest BCUT2D eigenvalue weighted by Gasteiger charge is 2.24. The number of halogens is 1. The molecule has 0 saturated carbocycles. The van der Waals surface area contributed by atoms with Crippen LogP contribution in [-0.4, -0.2) is 47.2 Å². The number of nitrogens with one attached hydrogen (secondary N) is 1. The second kappa shape index (κ2) is 7.44. The number of thioether (sulfide) groups is 1. The van der Waals surface area contributed by atoms with Crippen LogP contribution in [0.25, 0.3) is 10.9 Å². The molecular formula is C21H18FN3O3S. The maximum Gasteiger partial charge on any atom is 0.257 e. The van der Waals surface area contributed by atoms with Gasteiger partial charge in [0.05, 0.1) is 16.8 Å². The van der Waals surface area contributed by atoms with Crippen LogP contribution in [0.2, 0.25) is 0 Å². The zero-order chi connectivity index (χ0) is 19.8. The first-order valence-corrected chi connectivity index (χ1v) is 10.5. The topological polar surface area (TPSA) is 63.7 Å². The maximum atomic E-state index is 14.0. The molecule has 6 nitrogen and oxygen atoms in total. The van der Waals surface area contributed by atoms with Gasteiger partial charge in [0.2, 0.25) is 6.79 Å². The summed E-state index contributed by atoms with van der Waals surface area (Å²) >= 11 is 1.83. The number of fused-ring (bicyclic) bond motifs is 2. The van der Waals surface area contributed by atoms with E-state index in [1.165, 1.54) is 12.1 Å². The van der Waals surface area contributed by atoms with E-state index in [9.17, 15) is 9.18 Å². The Hall–Kier alpha value is -3.00. The van der Waals surface area contributed by atoms with E-state index in [0.29, 0.717) is 52.4 Å². The molecule has 3 heterocycles. The lowest BCUT2D eigenvalue weighted by molar-refractivity contribution is 0.0773. The quantitative estimate of drug-likeness (QED) is 0.702. The predicted octanol–water partition coefficient (Wildman–Crippen LogP) is 4.04. The lowest BCUT2D eigenvalue weighted by Gasteiger charge is -2.27. The van der Waals surface area contributed by atoms with Crippen LogP contribution in [0.15, 0.2) is 42.6 Å². The van der Waals surface area contributed by atoms with E-state index < -0.39 is 0 Å². The number of rotatable bonds is 3. The second-order valence-corrected chi connectivity index (χ2v) is 8.03. The van der Waals surface area contributed by atoms with Crippen LogP contribution in [0.5, 0.6) is 11.5 Å². The summed E-state index contributed by atoms with van der Waals surface area (Å²) in [5, 5.41) is 3.85. The van der Waals surface area contributed by atoms with Gasteiger partial charge < -0.3 is 19.7 Å². The summed E-state index contributed by atoms with van der Waals surface area (Å²) in [6.45, 7) is 1.56. The molecule has 1 fully saturated rings. The van der Waals surface area contributed by atoms with E-state index in [1.54, 1.807) is 24.4 Å². The number of aromatic nitrogens is 1. The van der Waals surface area contributed by atoms with Crippen molar-refractivity contribution in [1.29, 1.82) is 0 Å². The van der Waals surface area contributed by atoms with Crippen molar-refractivity contribution in [3.63, 3.8) is 0 Å². The number of pyridine rings is 1. The molecule has 1 amide bonds. The van der Waals surface area contributed by atoms with Gasteiger partial charge in [-0.1, -0.05) is 0 Å². The molecule has 8 heteroatoms. The van der Waals surface area contributed by atoms with Crippen molar-refractivity contribution in [2.24, 2.45) is 0 Å². The van der Waals surface area contributed by atoms with Crippen LogP contribution in [0, 0.1) is 5.82 Å². The maximum absolute atomic E-state index is 14.0. The minimum atomic E-state index is -0.382. The van der Waals surface area contributed by atoms with Gasteiger partial charge >= 0.3 is 0 Å². The third kappa shape index (κ3) is 3.44. The summed E-state index contributed by atoms with van der Waals surface area (Å²) < 4.78 is 24.8. The summed E-state index contributed by atoms with van der Waals surface area (Å²) in [6, 6.07) is 9.83. The molecule has 0 radical (unpaired) electrons. The number of amides is 1. The van der Waals surface area contributed by atoms with E-state index in [2.05, 4.69) is 10.3 Å². The van der Waals surface area contributed by atoms with Gasteiger partial charge in [0.1, 0.15) is 5.82 Å². The molecule has 0 unspecified atom stereocenters. The SMILES string of the molecule is O=C(c1cnc2ccc(F)cc2c1Nc1ccc2c(c1)OCO2)N1CCSCC1. The molecule has 5 rings (SSSR count). The van der Waals surface area contributed by atoms with Crippen molar-refractivity contribution >= 4 is 39.9 Å². The summed E-state index contributed by atoms with van der Waals surface area (Å²) in [5.41, 5.74) is 2.29. The number of nitrogens with zero attached hydrogens (tertiary/aromatic N) is 2. The highest BCUT2D eigenvalue weighted by molar-refractivity contribution is 7.99. The summed E-state index contributed by atoms with van der Waals surface area (Å²) in [5.74, 6) is 2.63. The van der Waals surface area contributed by atoms with Gasteiger partial charge in [-0.15, -0.1) is 0 Å². The Kier molecular flexibility index (Phi) is 4.63. The van der Waals surface area contributed by atoms with Gasteiger partial charge in [0.15, 0.2) is 11.5 Å². The molecule has 29 heavy (non-hydrogen) atoms. The van der Waals surface area contributed by atoms with Gasteiger partial charge in [-0.3, -0.25) is 9.78 Å². The van der Waals surface area contributed by atoms with E-state index in [1.807, 2.05) is 22.7 Å². The number of hydrogen-bond donors (Lipinski definition) is 1. The number of ether oxygens (including phenoxy) is 2. The van der Waals surface area contributed by atoms with Crippen LogP contribution in [-0.2, 0) is 0 Å². The Morgan fingerprint density at radius 3 is 2.79 bits per heavy atom. The van der Waals surface area contributed by atoms with Gasteiger partial charge in [-0.25, -0.2) is 4.39 Å². The number of hydrogen-bond acceptors (Lipinski definition) is 6. The van der Waals surface area contributed by atoms with E-state index in [0.717, 1.165) is 11.5 Å². The number of benzene rings is 2. The monoisotopic (exact) mass is 411 g/mol. The molecule has 0 spiro atoms. The van der Waals surface area contributed by atoms with Crippen LogP contribution >= 0.6 is 11.8 Å². The molecular weight excluding hydrogens is 393 g/mol. The summed E-state index contributed by atoms with van der Waals surface area (Å²) in [6.07, 6.45) is 1.57. The lowest BCUT2D eigenvalue weighted by Crippen LogP contribution is -2.38. The molecule has 0 aliphatic carbocycles. The van der Waals surface area contributed by atoms with Gasteiger partial charge in [-0.05, 0) is 30.3 Å². The Labute approximate surface area is 171 Å². The molecule has 3 aromatic rings. The third-order valence-electron chi connectivity index (χ3n) is 5.00. The van der Waals surface area contributed by atoms with E-state index in [-0.39, 0.29) is 18.5 Å². The van der Waals surface area contributed by atoms with Crippen molar-refractivity contribution < 1.29 is 18.7 Å². The number of carbonyl (C=O) groups is 1. The van der Waals surface area contributed by atoms with Crippen molar-refractivity contribution in [1.82, 2.24) is 9.88 Å². The first-order valence-electron chi connectivity index (χ1n) is 9.31. The van der Waals surface area contributed by atoms with Crippen molar-refractivity contribution in [2.75, 3.05) is 36.7 Å². The molecule has 1 aromatic heterocycles. The highest BCUT2D eigenvalue weighted by Crippen LogP contribution is 2.37. The van der Waals surface area contributed by atoms with Crippen molar-refractivity contribution in [2.45, 2.75) is 0 Å². The molecule has 0 bridgehead atoms. The normalized spacial score (nSPS) is 15.6.